The molecule has 0 saturated carbocycles. The van der Waals surface area contributed by atoms with Gasteiger partial charge in [-0.05, 0) is 36.2 Å². The number of rotatable bonds is 9. The SMILES string of the molecule is COc1cc(C2/C(=C(\O)c3ccncc3)C(=O)C(=O)N2CCCn2ccnc2)cc(OC)c1OC. The molecule has 1 saturated heterocycles. The number of aromatic nitrogens is 3. The van der Waals surface area contributed by atoms with Gasteiger partial charge in [0.25, 0.3) is 11.7 Å². The topological polar surface area (TPSA) is 116 Å². The van der Waals surface area contributed by atoms with Crippen molar-refractivity contribution in [3.8, 4) is 17.2 Å². The molecule has 182 valence electrons. The molecule has 3 aromatic rings. The van der Waals surface area contributed by atoms with Crippen molar-refractivity contribution in [3.63, 3.8) is 0 Å². The van der Waals surface area contributed by atoms with E-state index in [1.165, 1.54) is 38.6 Å². The summed E-state index contributed by atoms with van der Waals surface area (Å²) in [7, 11) is 4.46. The third-order valence-electron chi connectivity index (χ3n) is 5.87. The van der Waals surface area contributed by atoms with E-state index in [-0.39, 0.29) is 17.9 Å². The molecule has 2 aromatic heterocycles. The smallest absolute Gasteiger partial charge is 0.295 e. The molecule has 10 nitrogen and oxygen atoms in total. The number of carbonyl (C=O) groups excluding carboxylic acids is 2. The second-order valence-corrected chi connectivity index (χ2v) is 7.84. The van der Waals surface area contributed by atoms with Crippen LogP contribution in [0.15, 0.2) is 61.0 Å². The van der Waals surface area contributed by atoms with Crippen LogP contribution in [0.25, 0.3) is 5.76 Å². The number of benzene rings is 1. The Bertz CT molecular complexity index is 1220. The van der Waals surface area contributed by atoms with Crippen LogP contribution in [0.2, 0.25) is 0 Å². The molecule has 0 radical (unpaired) electrons. The normalized spacial score (nSPS) is 17.0. The highest BCUT2D eigenvalue weighted by Crippen LogP contribution is 2.45. The number of hydrogen-bond acceptors (Lipinski definition) is 8. The van der Waals surface area contributed by atoms with E-state index < -0.39 is 17.7 Å². The lowest BCUT2D eigenvalue weighted by Gasteiger charge is -2.26. The van der Waals surface area contributed by atoms with Crippen molar-refractivity contribution in [2.75, 3.05) is 27.9 Å². The van der Waals surface area contributed by atoms with E-state index in [9.17, 15) is 14.7 Å². The molecule has 1 amide bonds. The van der Waals surface area contributed by atoms with Crippen molar-refractivity contribution in [2.24, 2.45) is 0 Å². The summed E-state index contributed by atoms with van der Waals surface area (Å²) in [4.78, 5) is 35.8. The standard InChI is InChI=1S/C25H26N4O6/c1-33-18-13-17(14-19(34-2)24(18)35-3)21-20(22(30)16-5-7-26-8-6-16)23(31)25(32)29(21)11-4-10-28-12-9-27-15-28/h5-9,12-15,21,30H,4,10-11H2,1-3H3/b22-20+. The zero-order valence-corrected chi connectivity index (χ0v) is 19.7. The minimum absolute atomic E-state index is 0.0156. The molecule has 4 rings (SSSR count). The summed E-state index contributed by atoms with van der Waals surface area (Å²) in [5, 5.41) is 11.1. The summed E-state index contributed by atoms with van der Waals surface area (Å²) in [5.74, 6) is -0.609. The molecule has 1 aliphatic rings. The molecular formula is C25H26N4O6. The molecule has 1 fully saturated rings. The Labute approximate surface area is 202 Å². The number of aliphatic hydroxyl groups excluding tert-OH is 1. The number of Topliss-reactive ketones (excluding diaryl/α,β-unsaturated/α-hetero) is 1. The number of aliphatic hydroxyl groups is 1. The van der Waals surface area contributed by atoms with Gasteiger partial charge in [0.2, 0.25) is 5.75 Å². The number of methoxy groups -OCH3 is 3. The fourth-order valence-corrected chi connectivity index (χ4v) is 4.22. The minimum atomic E-state index is -0.861. The first-order valence-corrected chi connectivity index (χ1v) is 10.9. The number of imidazole rings is 1. The molecule has 0 aliphatic carbocycles. The lowest BCUT2D eigenvalue weighted by Crippen LogP contribution is -2.31. The molecule has 3 heterocycles. The summed E-state index contributed by atoms with van der Waals surface area (Å²) in [5.41, 5.74) is 0.906. The van der Waals surface area contributed by atoms with Crippen LogP contribution >= 0.6 is 0 Å². The first-order valence-electron chi connectivity index (χ1n) is 10.9. The lowest BCUT2D eigenvalue weighted by atomic mass is 9.95. The Kier molecular flexibility index (Phi) is 7.00. The van der Waals surface area contributed by atoms with Gasteiger partial charge in [0.1, 0.15) is 5.76 Å². The monoisotopic (exact) mass is 478 g/mol. The fourth-order valence-electron chi connectivity index (χ4n) is 4.22. The van der Waals surface area contributed by atoms with Crippen LogP contribution in [-0.4, -0.2) is 64.1 Å². The summed E-state index contributed by atoms with van der Waals surface area (Å²) < 4.78 is 18.3. The zero-order chi connectivity index (χ0) is 24.9. The van der Waals surface area contributed by atoms with Crippen LogP contribution in [0.4, 0.5) is 0 Å². The maximum atomic E-state index is 13.2. The Morgan fingerprint density at radius 1 is 0.971 bits per heavy atom. The number of hydrogen-bond donors (Lipinski definition) is 1. The average Bonchev–Trinajstić information content (AvgIpc) is 3.50. The van der Waals surface area contributed by atoms with Crippen LogP contribution in [-0.2, 0) is 16.1 Å². The number of carbonyl (C=O) groups is 2. The minimum Gasteiger partial charge on any atom is -0.507 e. The van der Waals surface area contributed by atoms with E-state index >= 15 is 0 Å². The van der Waals surface area contributed by atoms with Gasteiger partial charge in [0.05, 0.1) is 39.3 Å². The van der Waals surface area contributed by atoms with Crippen molar-refractivity contribution in [2.45, 2.75) is 19.0 Å². The van der Waals surface area contributed by atoms with Gasteiger partial charge in [-0.15, -0.1) is 0 Å². The molecule has 1 atom stereocenters. The van der Waals surface area contributed by atoms with Crippen molar-refractivity contribution < 1.29 is 28.9 Å². The summed E-state index contributed by atoms with van der Waals surface area (Å²) in [6, 6.07) is 5.66. The third-order valence-corrected chi connectivity index (χ3v) is 5.87. The summed E-state index contributed by atoms with van der Waals surface area (Å²) in [6.45, 7) is 0.881. The van der Waals surface area contributed by atoms with E-state index in [0.717, 1.165) is 0 Å². The highest BCUT2D eigenvalue weighted by atomic mass is 16.5. The van der Waals surface area contributed by atoms with Crippen molar-refractivity contribution in [3.05, 3.63) is 72.1 Å². The lowest BCUT2D eigenvalue weighted by molar-refractivity contribution is -0.139. The molecular weight excluding hydrogens is 452 g/mol. The van der Waals surface area contributed by atoms with Crippen molar-refractivity contribution in [1.82, 2.24) is 19.4 Å². The van der Waals surface area contributed by atoms with Crippen LogP contribution in [0, 0.1) is 0 Å². The van der Waals surface area contributed by atoms with Gasteiger partial charge in [0, 0.05) is 43.4 Å². The molecule has 10 heteroatoms. The number of nitrogens with zero attached hydrogens (tertiary/aromatic N) is 4. The largest absolute Gasteiger partial charge is 0.507 e. The van der Waals surface area contributed by atoms with Crippen LogP contribution in [0.5, 0.6) is 17.2 Å². The maximum absolute atomic E-state index is 13.2. The Morgan fingerprint density at radius 2 is 1.66 bits per heavy atom. The van der Waals surface area contributed by atoms with E-state index in [0.29, 0.717) is 41.3 Å². The van der Waals surface area contributed by atoms with Crippen LogP contribution < -0.4 is 14.2 Å². The van der Waals surface area contributed by atoms with E-state index in [4.69, 9.17) is 14.2 Å². The predicted molar refractivity (Wildman–Crippen MR) is 126 cm³/mol. The fraction of sp³-hybridized carbons (Fsp3) is 0.280. The first-order chi connectivity index (χ1) is 17.0. The number of ether oxygens (including phenoxy) is 3. The number of pyridine rings is 1. The van der Waals surface area contributed by atoms with Crippen LogP contribution in [0.3, 0.4) is 0 Å². The Morgan fingerprint density at radius 3 is 2.23 bits per heavy atom. The van der Waals surface area contributed by atoms with Gasteiger partial charge >= 0.3 is 0 Å². The second-order valence-electron chi connectivity index (χ2n) is 7.84. The second kappa shape index (κ2) is 10.3. The third kappa shape index (κ3) is 4.54. The van der Waals surface area contributed by atoms with Gasteiger partial charge in [-0.1, -0.05) is 0 Å². The van der Waals surface area contributed by atoms with Gasteiger partial charge in [-0.2, -0.15) is 0 Å². The quantitative estimate of drug-likeness (QED) is 0.284. The summed E-state index contributed by atoms with van der Waals surface area (Å²) >= 11 is 0. The van der Waals surface area contributed by atoms with Crippen LogP contribution in [0.1, 0.15) is 23.6 Å². The van der Waals surface area contributed by atoms with E-state index in [1.54, 1.807) is 36.8 Å². The number of amides is 1. The van der Waals surface area contributed by atoms with E-state index in [1.807, 2.05) is 10.8 Å². The number of likely N-dealkylation sites (tertiary alicyclic amines) is 1. The highest BCUT2D eigenvalue weighted by molar-refractivity contribution is 6.46. The molecule has 35 heavy (non-hydrogen) atoms. The summed E-state index contributed by atoms with van der Waals surface area (Å²) in [6.07, 6.45) is 8.77. The predicted octanol–water partition coefficient (Wildman–Crippen LogP) is 2.82. The number of aryl methyl sites for hydroxylation is 1. The zero-order valence-electron chi connectivity index (χ0n) is 19.7. The highest BCUT2D eigenvalue weighted by Gasteiger charge is 2.46. The maximum Gasteiger partial charge on any atom is 0.295 e. The average molecular weight is 479 g/mol. The Hall–Kier alpha value is -4.34. The van der Waals surface area contributed by atoms with Crippen molar-refractivity contribution >= 4 is 17.4 Å². The molecule has 0 spiro atoms. The van der Waals surface area contributed by atoms with Gasteiger partial charge in [-0.3, -0.25) is 14.6 Å². The molecule has 0 bridgehead atoms. The van der Waals surface area contributed by atoms with Gasteiger partial charge in [-0.25, -0.2) is 4.98 Å². The molecule has 1 aliphatic heterocycles. The molecule has 1 N–H and O–H groups in total. The van der Waals surface area contributed by atoms with Gasteiger partial charge in [0.15, 0.2) is 11.5 Å². The molecule has 1 aromatic carbocycles. The Balaban J connectivity index is 1.82. The van der Waals surface area contributed by atoms with Crippen molar-refractivity contribution in [1.29, 1.82) is 0 Å². The first kappa shape index (κ1) is 23.8. The number of ketones is 1. The molecule has 1 unspecified atom stereocenters. The van der Waals surface area contributed by atoms with Gasteiger partial charge < -0.3 is 28.8 Å². The van der Waals surface area contributed by atoms with E-state index in [2.05, 4.69) is 9.97 Å².